The number of nitrogens with two attached hydrogens (primary N) is 1. The summed E-state index contributed by atoms with van der Waals surface area (Å²) >= 11 is 0. The highest BCUT2D eigenvalue weighted by atomic mass is 16.5. The molecule has 0 radical (unpaired) electrons. The third kappa shape index (κ3) is 7.05. The Hall–Kier alpha value is -2.48. The second-order valence-electron chi connectivity index (χ2n) is 10.1. The number of amides is 2. The van der Waals surface area contributed by atoms with Gasteiger partial charge in [-0.3, -0.25) is 9.59 Å². The van der Waals surface area contributed by atoms with E-state index >= 15 is 0 Å². The van der Waals surface area contributed by atoms with Gasteiger partial charge in [0.15, 0.2) is 0 Å². The number of nitrogens with zero attached hydrogens (tertiary/aromatic N) is 1. The lowest BCUT2D eigenvalue weighted by Gasteiger charge is -2.41. The molecule has 0 spiro atoms. The van der Waals surface area contributed by atoms with E-state index in [9.17, 15) is 14.7 Å². The first kappa shape index (κ1) is 28.1. The van der Waals surface area contributed by atoms with Gasteiger partial charge in [0.2, 0.25) is 11.8 Å². The summed E-state index contributed by atoms with van der Waals surface area (Å²) in [5.41, 5.74) is 6.48. The summed E-state index contributed by atoms with van der Waals surface area (Å²) in [7, 11) is 0. The van der Waals surface area contributed by atoms with Crippen molar-refractivity contribution in [3.8, 4) is 0 Å². The molecule has 1 aromatic carbocycles. The van der Waals surface area contributed by atoms with Gasteiger partial charge in [-0.05, 0) is 44.1 Å². The van der Waals surface area contributed by atoms with Crippen LogP contribution in [0.4, 0.5) is 0 Å². The number of carbonyl (C=O) groups excluding carboxylic acids is 2. The predicted molar refractivity (Wildman–Crippen MR) is 142 cm³/mol. The third-order valence-corrected chi connectivity index (χ3v) is 7.36. The lowest BCUT2D eigenvalue weighted by molar-refractivity contribution is -0.132. The first-order valence-corrected chi connectivity index (χ1v) is 13.4. The number of carbonyl (C=O) groups is 2. The molecule has 0 bridgehead atoms. The molecule has 2 amide bonds. The molecule has 7 nitrogen and oxygen atoms in total. The van der Waals surface area contributed by atoms with E-state index in [1.54, 1.807) is 18.2 Å². The Morgan fingerprint density at radius 1 is 1.22 bits per heavy atom. The highest BCUT2D eigenvalue weighted by Gasteiger charge is 2.47. The van der Waals surface area contributed by atoms with Gasteiger partial charge >= 0.3 is 0 Å². The van der Waals surface area contributed by atoms with Crippen LogP contribution in [-0.4, -0.2) is 66.8 Å². The fourth-order valence-corrected chi connectivity index (χ4v) is 5.45. The fraction of sp³-hybridized carbons (Fsp3) is 0.586. The Labute approximate surface area is 215 Å². The molecule has 7 heteroatoms. The van der Waals surface area contributed by atoms with Gasteiger partial charge in [-0.2, -0.15) is 0 Å². The quantitative estimate of drug-likeness (QED) is 0.367. The van der Waals surface area contributed by atoms with Crippen LogP contribution < -0.4 is 11.1 Å². The Kier molecular flexibility index (Phi) is 10.7. The summed E-state index contributed by atoms with van der Waals surface area (Å²) in [6, 6.07) is 9.83. The number of rotatable bonds is 14. The van der Waals surface area contributed by atoms with Crippen molar-refractivity contribution >= 4 is 11.8 Å². The Bertz CT molecular complexity index is 904. The van der Waals surface area contributed by atoms with Crippen LogP contribution in [0.3, 0.4) is 0 Å². The van der Waals surface area contributed by atoms with Crippen molar-refractivity contribution in [2.45, 2.75) is 64.6 Å². The minimum absolute atomic E-state index is 0.0573. The van der Waals surface area contributed by atoms with Gasteiger partial charge in [0.05, 0.1) is 17.6 Å². The maximum atomic E-state index is 13.4. The molecule has 36 heavy (non-hydrogen) atoms. The molecular weight excluding hydrogens is 454 g/mol. The van der Waals surface area contributed by atoms with Crippen molar-refractivity contribution in [2.75, 3.05) is 32.8 Å². The van der Waals surface area contributed by atoms with E-state index < -0.39 is 23.3 Å². The second kappa shape index (κ2) is 13.7. The maximum Gasteiger partial charge on any atom is 0.249 e. The third-order valence-electron chi connectivity index (χ3n) is 7.36. The number of aliphatic hydroxyl groups excluding tert-OH is 1. The van der Waals surface area contributed by atoms with Crippen LogP contribution in [0.15, 0.2) is 54.1 Å². The number of allylic oxidation sites excluding steroid dienone is 2. The first-order chi connectivity index (χ1) is 17.4. The molecule has 1 heterocycles. The summed E-state index contributed by atoms with van der Waals surface area (Å²) in [6.45, 7) is 7.17. The molecule has 0 saturated carbocycles. The average molecular weight is 498 g/mol. The first-order valence-electron chi connectivity index (χ1n) is 13.4. The minimum atomic E-state index is -1.18. The number of primary amides is 1. The van der Waals surface area contributed by atoms with Crippen molar-refractivity contribution in [3.05, 3.63) is 59.7 Å². The van der Waals surface area contributed by atoms with E-state index in [1.165, 1.54) is 0 Å². The standard InChI is InChI=1S/C29H43N3O4/c1-3-15-32(16-4-2)27(34)23-12-8-14-29(19-23,28(30)35)25(18-22-10-6-5-7-11-22)26(33)21-31-20-24-13-9-17-36-24/h5-8,10-12,14,24-26,31,33H,3-4,9,13,15-21H2,1-2H3,(H2,30,35)/t24?,25-,26+,29?/m1/s1. The number of nitrogens with one attached hydrogen (secondary N) is 1. The molecule has 2 aliphatic rings. The highest BCUT2D eigenvalue weighted by molar-refractivity contribution is 5.96. The normalized spacial score (nSPS) is 23.2. The molecule has 1 aromatic rings. The van der Waals surface area contributed by atoms with Crippen LogP contribution in [0.1, 0.15) is 51.5 Å². The SMILES string of the molecule is CCCN(CCC)C(=O)C1=CC=CC(C(N)=O)([C@H](Cc2ccccc2)[C@@H](O)CNCC2CCCO2)C1. The topological polar surface area (TPSA) is 105 Å². The van der Waals surface area contributed by atoms with Gasteiger partial charge in [-0.25, -0.2) is 0 Å². The van der Waals surface area contributed by atoms with Crippen LogP contribution in [0.5, 0.6) is 0 Å². The predicted octanol–water partition coefficient (Wildman–Crippen LogP) is 2.98. The van der Waals surface area contributed by atoms with Crippen molar-refractivity contribution < 1.29 is 19.4 Å². The Morgan fingerprint density at radius 2 is 1.94 bits per heavy atom. The lowest BCUT2D eigenvalue weighted by atomic mass is 9.64. The Balaban J connectivity index is 1.85. The monoisotopic (exact) mass is 497 g/mol. The van der Waals surface area contributed by atoms with E-state index in [0.717, 1.165) is 37.9 Å². The van der Waals surface area contributed by atoms with E-state index in [-0.39, 0.29) is 18.4 Å². The van der Waals surface area contributed by atoms with Gasteiger partial charge in [-0.1, -0.05) is 62.4 Å². The molecule has 0 aromatic heterocycles. The van der Waals surface area contributed by atoms with Gasteiger partial charge in [-0.15, -0.1) is 0 Å². The molecule has 198 valence electrons. The van der Waals surface area contributed by atoms with E-state index in [0.29, 0.717) is 38.2 Å². The van der Waals surface area contributed by atoms with Gasteiger partial charge in [0.1, 0.15) is 0 Å². The van der Waals surface area contributed by atoms with Crippen LogP contribution in [-0.2, 0) is 20.7 Å². The second-order valence-corrected chi connectivity index (χ2v) is 10.1. The summed E-state index contributed by atoms with van der Waals surface area (Å²) in [5, 5.41) is 14.8. The zero-order chi connectivity index (χ0) is 26.0. The maximum absolute atomic E-state index is 13.4. The smallest absolute Gasteiger partial charge is 0.249 e. The highest BCUT2D eigenvalue weighted by Crippen LogP contribution is 2.43. The van der Waals surface area contributed by atoms with Crippen LogP contribution in [0.2, 0.25) is 0 Å². The lowest BCUT2D eigenvalue weighted by Crippen LogP contribution is -2.51. The molecule has 1 aliphatic heterocycles. The van der Waals surface area contributed by atoms with E-state index in [4.69, 9.17) is 10.5 Å². The summed E-state index contributed by atoms with van der Waals surface area (Å²) in [4.78, 5) is 28.4. The summed E-state index contributed by atoms with van der Waals surface area (Å²) in [5.74, 6) is -1.08. The summed E-state index contributed by atoms with van der Waals surface area (Å²) < 4.78 is 5.69. The number of ether oxygens (including phenoxy) is 1. The number of hydrogen-bond donors (Lipinski definition) is 3. The molecule has 1 aliphatic carbocycles. The molecule has 4 atom stereocenters. The molecular formula is C29H43N3O4. The zero-order valence-electron chi connectivity index (χ0n) is 21.8. The molecule has 1 saturated heterocycles. The summed E-state index contributed by atoms with van der Waals surface area (Å²) in [6.07, 6.45) is 9.10. The fourth-order valence-electron chi connectivity index (χ4n) is 5.45. The van der Waals surface area contributed by atoms with Crippen LogP contribution in [0.25, 0.3) is 0 Å². The Morgan fingerprint density at radius 3 is 2.56 bits per heavy atom. The van der Waals surface area contributed by atoms with Gasteiger partial charge in [0, 0.05) is 44.3 Å². The van der Waals surface area contributed by atoms with Crippen molar-refractivity contribution in [2.24, 2.45) is 17.1 Å². The number of hydrogen-bond acceptors (Lipinski definition) is 5. The largest absolute Gasteiger partial charge is 0.391 e. The van der Waals surface area contributed by atoms with Crippen molar-refractivity contribution in [1.29, 1.82) is 0 Å². The van der Waals surface area contributed by atoms with Crippen LogP contribution in [0, 0.1) is 11.3 Å². The molecule has 1 fully saturated rings. The molecule has 3 rings (SSSR count). The number of aliphatic hydroxyl groups is 1. The van der Waals surface area contributed by atoms with Gasteiger partial charge in [0.25, 0.3) is 0 Å². The minimum Gasteiger partial charge on any atom is -0.391 e. The average Bonchev–Trinajstić information content (AvgIpc) is 3.41. The number of benzene rings is 1. The van der Waals surface area contributed by atoms with Gasteiger partial charge < -0.3 is 25.8 Å². The molecule has 2 unspecified atom stereocenters. The zero-order valence-corrected chi connectivity index (χ0v) is 21.8. The van der Waals surface area contributed by atoms with E-state index in [2.05, 4.69) is 19.2 Å². The van der Waals surface area contributed by atoms with Crippen molar-refractivity contribution in [3.63, 3.8) is 0 Å². The van der Waals surface area contributed by atoms with Crippen molar-refractivity contribution in [1.82, 2.24) is 10.2 Å². The molecule has 4 N–H and O–H groups in total. The van der Waals surface area contributed by atoms with Crippen LogP contribution >= 0.6 is 0 Å². The van der Waals surface area contributed by atoms with E-state index in [1.807, 2.05) is 35.2 Å².